The van der Waals surface area contributed by atoms with Gasteiger partial charge in [-0.05, 0) is 54.6 Å². The van der Waals surface area contributed by atoms with Gasteiger partial charge in [-0.15, -0.1) is 5.10 Å². The van der Waals surface area contributed by atoms with E-state index in [1.165, 1.54) is 6.92 Å². The topological polar surface area (TPSA) is 104 Å². The zero-order valence-corrected chi connectivity index (χ0v) is 18.2. The summed E-state index contributed by atoms with van der Waals surface area (Å²) in [6, 6.07) is 18.9. The highest BCUT2D eigenvalue weighted by Gasteiger charge is 2.13. The molecule has 1 fully saturated rings. The van der Waals surface area contributed by atoms with Crippen LogP contribution in [0.4, 0.5) is 23.0 Å². The Morgan fingerprint density at radius 1 is 1.06 bits per heavy atom. The van der Waals surface area contributed by atoms with Gasteiger partial charge in [0.25, 0.3) is 0 Å². The Hall–Kier alpha value is -4.11. The number of aromatic hydroxyl groups is 1. The summed E-state index contributed by atoms with van der Waals surface area (Å²) in [4.78, 5) is 18.3. The number of nitrogens with one attached hydrogen (secondary N) is 2. The summed E-state index contributed by atoms with van der Waals surface area (Å²) in [5.41, 5.74) is 4.64. The van der Waals surface area contributed by atoms with Crippen molar-refractivity contribution in [3.63, 3.8) is 0 Å². The predicted molar refractivity (Wildman–Crippen MR) is 127 cm³/mol. The molecule has 1 saturated heterocycles. The van der Waals surface area contributed by atoms with Crippen LogP contribution in [0.2, 0.25) is 0 Å². The first-order chi connectivity index (χ1) is 16.1. The fourth-order valence-corrected chi connectivity index (χ4v) is 3.87. The number of pyridine rings is 1. The minimum atomic E-state index is -0.257. The predicted octanol–water partition coefficient (Wildman–Crippen LogP) is 3.64. The molecule has 0 unspecified atom stereocenters. The maximum absolute atomic E-state index is 11.4. The number of hydrogen-bond acceptors (Lipinski definition) is 7. The van der Waals surface area contributed by atoms with E-state index < -0.39 is 0 Å². The van der Waals surface area contributed by atoms with Gasteiger partial charge in [0, 0.05) is 37.0 Å². The van der Waals surface area contributed by atoms with E-state index in [0.717, 1.165) is 48.9 Å². The zero-order chi connectivity index (χ0) is 22.8. The SMILES string of the molecule is CC(=O)Nc1cc(-c2cccc3nc(Nc4ccc(N5CCOCC5)cc4)nn23)ccc1O. The van der Waals surface area contributed by atoms with Crippen LogP contribution in [0, 0.1) is 0 Å². The number of anilines is 4. The average Bonchev–Trinajstić information content (AvgIpc) is 3.24. The van der Waals surface area contributed by atoms with Gasteiger partial charge in [0.05, 0.1) is 24.6 Å². The van der Waals surface area contributed by atoms with E-state index in [0.29, 0.717) is 17.3 Å². The fraction of sp³-hybridized carbons (Fsp3) is 0.208. The van der Waals surface area contributed by atoms with Gasteiger partial charge in [0.1, 0.15) is 5.75 Å². The third kappa shape index (κ3) is 4.44. The normalized spacial score (nSPS) is 13.8. The van der Waals surface area contributed by atoms with Crippen molar-refractivity contribution in [2.45, 2.75) is 6.92 Å². The minimum Gasteiger partial charge on any atom is -0.506 e. The number of carbonyl (C=O) groups excluding carboxylic acids is 1. The molecule has 3 heterocycles. The van der Waals surface area contributed by atoms with Crippen LogP contribution >= 0.6 is 0 Å². The summed E-state index contributed by atoms with van der Waals surface area (Å²) >= 11 is 0. The Kier molecular flexibility index (Phi) is 5.54. The third-order valence-electron chi connectivity index (χ3n) is 5.46. The molecule has 9 heteroatoms. The van der Waals surface area contributed by atoms with Crippen molar-refractivity contribution in [3.8, 4) is 17.0 Å². The van der Waals surface area contributed by atoms with Gasteiger partial charge in [-0.2, -0.15) is 4.98 Å². The second-order valence-electron chi connectivity index (χ2n) is 7.80. The molecular weight excluding hydrogens is 420 g/mol. The number of phenolic OH excluding ortho intramolecular Hbond substituents is 1. The van der Waals surface area contributed by atoms with Crippen LogP contribution in [-0.2, 0) is 9.53 Å². The van der Waals surface area contributed by atoms with Crippen LogP contribution in [0.5, 0.6) is 5.75 Å². The van der Waals surface area contributed by atoms with Crippen LogP contribution in [0.25, 0.3) is 16.9 Å². The van der Waals surface area contributed by atoms with Crippen LogP contribution in [-0.4, -0.2) is 51.9 Å². The molecule has 9 nitrogen and oxygen atoms in total. The number of phenols is 1. The molecule has 4 aromatic rings. The summed E-state index contributed by atoms with van der Waals surface area (Å²) < 4.78 is 7.15. The molecule has 2 aromatic heterocycles. The van der Waals surface area contributed by atoms with Crippen molar-refractivity contribution in [1.29, 1.82) is 0 Å². The van der Waals surface area contributed by atoms with Gasteiger partial charge in [0.2, 0.25) is 11.9 Å². The van der Waals surface area contributed by atoms with Crippen LogP contribution in [0.15, 0.2) is 60.7 Å². The van der Waals surface area contributed by atoms with Gasteiger partial charge in [-0.1, -0.05) is 6.07 Å². The number of hydrogen-bond donors (Lipinski definition) is 3. The number of amides is 1. The first-order valence-corrected chi connectivity index (χ1v) is 10.7. The molecule has 0 radical (unpaired) electrons. The molecule has 168 valence electrons. The van der Waals surface area contributed by atoms with Gasteiger partial charge in [-0.25, -0.2) is 4.52 Å². The van der Waals surface area contributed by atoms with Crippen molar-refractivity contribution in [1.82, 2.24) is 14.6 Å². The lowest BCUT2D eigenvalue weighted by molar-refractivity contribution is -0.114. The number of benzene rings is 2. The molecule has 2 aromatic carbocycles. The summed E-state index contributed by atoms with van der Waals surface area (Å²) in [5, 5.41) is 20.6. The number of morpholine rings is 1. The minimum absolute atomic E-state index is 0.00240. The molecule has 3 N–H and O–H groups in total. The number of ether oxygens (including phenoxy) is 1. The van der Waals surface area contributed by atoms with E-state index in [4.69, 9.17) is 4.74 Å². The monoisotopic (exact) mass is 444 g/mol. The van der Waals surface area contributed by atoms with Crippen molar-refractivity contribution < 1.29 is 14.6 Å². The van der Waals surface area contributed by atoms with E-state index in [1.807, 2.05) is 30.3 Å². The summed E-state index contributed by atoms with van der Waals surface area (Å²) in [6.45, 7) is 4.69. The largest absolute Gasteiger partial charge is 0.506 e. The van der Waals surface area contributed by atoms with Gasteiger partial charge >= 0.3 is 0 Å². The van der Waals surface area contributed by atoms with E-state index in [2.05, 4.69) is 37.7 Å². The smallest absolute Gasteiger partial charge is 0.247 e. The molecule has 0 aliphatic carbocycles. The highest BCUT2D eigenvalue weighted by atomic mass is 16.5. The van der Waals surface area contributed by atoms with Crippen LogP contribution in [0.3, 0.4) is 0 Å². The number of rotatable bonds is 5. The molecule has 0 saturated carbocycles. The van der Waals surface area contributed by atoms with Crippen molar-refractivity contribution >= 4 is 34.6 Å². The van der Waals surface area contributed by atoms with Gasteiger partial charge in [0.15, 0.2) is 5.65 Å². The lowest BCUT2D eigenvalue weighted by Crippen LogP contribution is -2.36. The fourth-order valence-electron chi connectivity index (χ4n) is 3.87. The molecule has 5 rings (SSSR count). The standard InChI is InChI=1S/C24H24N6O3/c1-16(31)25-20-15-17(5-10-22(20)32)21-3-2-4-23-27-24(28-30(21)23)26-18-6-8-19(9-7-18)29-11-13-33-14-12-29/h2-10,15,32H,11-14H2,1H3,(H,25,31)(H,26,28). The molecule has 0 spiro atoms. The Morgan fingerprint density at radius 3 is 2.61 bits per heavy atom. The highest BCUT2D eigenvalue weighted by molar-refractivity contribution is 5.91. The van der Waals surface area contributed by atoms with Gasteiger partial charge < -0.3 is 25.4 Å². The van der Waals surface area contributed by atoms with Crippen molar-refractivity contribution in [3.05, 3.63) is 60.7 Å². The van der Waals surface area contributed by atoms with E-state index >= 15 is 0 Å². The molecular formula is C24H24N6O3. The Labute approximate surface area is 190 Å². The zero-order valence-electron chi connectivity index (χ0n) is 18.2. The number of carbonyl (C=O) groups is 1. The van der Waals surface area contributed by atoms with E-state index in [1.54, 1.807) is 22.7 Å². The molecule has 0 atom stereocenters. The van der Waals surface area contributed by atoms with E-state index in [9.17, 15) is 9.90 Å². The molecule has 0 bridgehead atoms. The van der Waals surface area contributed by atoms with Crippen molar-refractivity contribution in [2.75, 3.05) is 41.8 Å². The summed E-state index contributed by atoms with van der Waals surface area (Å²) in [6.07, 6.45) is 0. The lowest BCUT2D eigenvalue weighted by atomic mass is 10.1. The molecule has 1 amide bonds. The first kappa shape index (κ1) is 20.8. The Bertz CT molecular complexity index is 1300. The van der Waals surface area contributed by atoms with Crippen LogP contribution < -0.4 is 15.5 Å². The summed E-state index contributed by atoms with van der Waals surface area (Å²) in [5.74, 6) is 0.220. The van der Waals surface area contributed by atoms with Crippen molar-refractivity contribution in [2.24, 2.45) is 0 Å². The summed E-state index contributed by atoms with van der Waals surface area (Å²) in [7, 11) is 0. The second kappa shape index (κ2) is 8.79. The Balaban J connectivity index is 1.41. The molecule has 1 aliphatic heterocycles. The van der Waals surface area contributed by atoms with Crippen LogP contribution in [0.1, 0.15) is 6.92 Å². The quantitative estimate of drug-likeness (QED) is 0.404. The molecule has 33 heavy (non-hydrogen) atoms. The number of aromatic nitrogens is 3. The third-order valence-corrected chi connectivity index (χ3v) is 5.46. The number of nitrogens with zero attached hydrogens (tertiary/aromatic N) is 4. The van der Waals surface area contributed by atoms with E-state index in [-0.39, 0.29) is 11.7 Å². The Morgan fingerprint density at radius 2 is 1.85 bits per heavy atom. The average molecular weight is 444 g/mol. The number of fused-ring (bicyclic) bond motifs is 1. The van der Waals surface area contributed by atoms with Gasteiger partial charge in [-0.3, -0.25) is 4.79 Å². The highest BCUT2D eigenvalue weighted by Crippen LogP contribution is 2.30. The maximum Gasteiger partial charge on any atom is 0.247 e. The second-order valence-corrected chi connectivity index (χ2v) is 7.80. The first-order valence-electron chi connectivity index (χ1n) is 10.7. The molecule has 1 aliphatic rings. The lowest BCUT2D eigenvalue weighted by Gasteiger charge is -2.28. The maximum atomic E-state index is 11.4.